The molecule has 2 aromatic carbocycles. The van der Waals surface area contributed by atoms with Crippen molar-refractivity contribution in [2.75, 3.05) is 23.4 Å². The highest BCUT2D eigenvalue weighted by molar-refractivity contribution is 5.92. The number of carbonyl (C=O) groups excluding carboxylic acids is 1. The Labute approximate surface area is 176 Å². The number of nitrogens with zero attached hydrogens (tertiary/aromatic N) is 1. The van der Waals surface area contributed by atoms with Gasteiger partial charge in [0, 0.05) is 41.5 Å². The van der Waals surface area contributed by atoms with Crippen LogP contribution in [0.3, 0.4) is 0 Å². The lowest BCUT2D eigenvalue weighted by molar-refractivity contribution is -0.118. The van der Waals surface area contributed by atoms with Crippen molar-refractivity contribution in [3.8, 4) is 5.75 Å². The van der Waals surface area contributed by atoms with E-state index in [9.17, 15) is 9.59 Å². The molecule has 0 spiro atoms. The Hall–Kier alpha value is -3.28. The first-order valence-electron chi connectivity index (χ1n) is 10.3. The summed E-state index contributed by atoms with van der Waals surface area (Å²) in [5.74, 6) is 0.211. The van der Waals surface area contributed by atoms with Crippen LogP contribution < -0.4 is 20.6 Å². The fourth-order valence-corrected chi connectivity index (χ4v) is 3.52. The van der Waals surface area contributed by atoms with Crippen LogP contribution in [-0.2, 0) is 11.2 Å². The third-order valence-corrected chi connectivity index (χ3v) is 5.00. The molecule has 6 heteroatoms. The van der Waals surface area contributed by atoms with Gasteiger partial charge in [0.2, 0.25) is 0 Å². The number of aryl methyl sites for hydroxylation is 1. The van der Waals surface area contributed by atoms with Gasteiger partial charge < -0.3 is 19.4 Å². The van der Waals surface area contributed by atoms with Crippen LogP contribution in [0.15, 0.2) is 57.7 Å². The van der Waals surface area contributed by atoms with Crippen molar-refractivity contribution < 1.29 is 13.9 Å². The molecule has 1 N–H and O–H groups in total. The lowest BCUT2D eigenvalue weighted by Gasteiger charge is -2.27. The van der Waals surface area contributed by atoms with E-state index in [0.29, 0.717) is 23.1 Å². The highest BCUT2D eigenvalue weighted by Gasteiger charge is 2.10. The third-order valence-electron chi connectivity index (χ3n) is 5.00. The molecule has 0 aliphatic heterocycles. The molecular weight excluding hydrogens is 380 g/mol. The molecule has 0 saturated heterocycles. The summed E-state index contributed by atoms with van der Waals surface area (Å²) < 4.78 is 10.9. The lowest BCUT2D eigenvalue weighted by Crippen LogP contribution is -2.30. The molecule has 0 radical (unpaired) electrons. The van der Waals surface area contributed by atoms with Crippen LogP contribution in [0.2, 0.25) is 0 Å². The van der Waals surface area contributed by atoms with E-state index in [1.807, 2.05) is 37.3 Å². The Bertz CT molecular complexity index is 1070. The molecule has 1 amide bonds. The molecule has 158 valence electrons. The maximum absolute atomic E-state index is 12.3. The average molecular weight is 408 g/mol. The van der Waals surface area contributed by atoms with Gasteiger partial charge in [0.05, 0.1) is 0 Å². The Kier molecular flexibility index (Phi) is 6.77. The van der Waals surface area contributed by atoms with E-state index in [4.69, 9.17) is 9.15 Å². The van der Waals surface area contributed by atoms with Crippen LogP contribution in [0.4, 0.5) is 11.4 Å². The number of anilines is 2. The summed E-state index contributed by atoms with van der Waals surface area (Å²) in [6, 6.07) is 14.9. The normalized spacial score (nSPS) is 11.0. The van der Waals surface area contributed by atoms with Gasteiger partial charge in [0.1, 0.15) is 11.3 Å². The van der Waals surface area contributed by atoms with E-state index < -0.39 is 5.63 Å². The molecule has 6 nitrogen and oxygen atoms in total. The van der Waals surface area contributed by atoms with E-state index in [0.717, 1.165) is 29.6 Å². The first-order valence-corrected chi connectivity index (χ1v) is 10.3. The minimum atomic E-state index is -0.392. The molecule has 0 unspecified atom stereocenters. The molecule has 1 aromatic heterocycles. The van der Waals surface area contributed by atoms with Gasteiger partial charge in [-0.05, 0) is 69.2 Å². The Morgan fingerprint density at radius 3 is 2.47 bits per heavy atom. The van der Waals surface area contributed by atoms with Gasteiger partial charge in [-0.3, -0.25) is 4.79 Å². The second-order valence-electron chi connectivity index (χ2n) is 7.37. The van der Waals surface area contributed by atoms with E-state index in [1.54, 1.807) is 12.1 Å². The zero-order chi connectivity index (χ0) is 21.7. The Morgan fingerprint density at radius 1 is 1.10 bits per heavy atom. The van der Waals surface area contributed by atoms with Crippen molar-refractivity contribution in [2.24, 2.45) is 0 Å². The van der Waals surface area contributed by atoms with Gasteiger partial charge in [-0.15, -0.1) is 0 Å². The molecule has 0 bridgehead atoms. The SMILES string of the molecule is CCc1cc(=O)oc2cc(OCC(=O)Nc3ccc(N(CC)C(C)C)cc3)ccc12. The molecule has 0 atom stereocenters. The van der Waals surface area contributed by atoms with Crippen LogP contribution in [0.5, 0.6) is 5.75 Å². The van der Waals surface area contributed by atoms with Gasteiger partial charge in [0.25, 0.3) is 5.91 Å². The van der Waals surface area contributed by atoms with Crippen LogP contribution in [0, 0.1) is 0 Å². The smallest absolute Gasteiger partial charge is 0.336 e. The number of fused-ring (bicyclic) bond motifs is 1. The number of nitrogens with one attached hydrogen (secondary N) is 1. The maximum Gasteiger partial charge on any atom is 0.336 e. The zero-order valence-electron chi connectivity index (χ0n) is 17.9. The summed E-state index contributed by atoms with van der Waals surface area (Å²) >= 11 is 0. The van der Waals surface area contributed by atoms with Crippen LogP contribution in [-0.4, -0.2) is 25.1 Å². The number of hydrogen-bond donors (Lipinski definition) is 1. The lowest BCUT2D eigenvalue weighted by atomic mass is 10.1. The fraction of sp³-hybridized carbons (Fsp3) is 0.333. The first kappa shape index (κ1) is 21.4. The van der Waals surface area contributed by atoms with Crippen LogP contribution >= 0.6 is 0 Å². The second kappa shape index (κ2) is 9.48. The van der Waals surface area contributed by atoms with Crippen LogP contribution in [0.25, 0.3) is 11.0 Å². The van der Waals surface area contributed by atoms with Gasteiger partial charge >= 0.3 is 5.63 Å². The number of amides is 1. The third kappa shape index (κ3) is 5.00. The molecule has 30 heavy (non-hydrogen) atoms. The van der Waals surface area contributed by atoms with E-state index >= 15 is 0 Å². The maximum atomic E-state index is 12.3. The number of carbonyl (C=O) groups is 1. The van der Waals surface area contributed by atoms with E-state index in [1.165, 1.54) is 6.07 Å². The number of rotatable bonds is 8. The van der Waals surface area contributed by atoms with Gasteiger partial charge in [0.15, 0.2) is 6.61 Å². The molecule has 0 fully saturated rings. The quantitative estimate of drug-likeness (QED) is 0.551. The van der Waals surface area contributed by atoms with Gasteiger partial charge in [-0.2, -0.15) is 0 Å². The minimum Gasteiger partial charge on any atom is -0.484 e. The summed E-state index contributed by atoms with van der Waals surface area (Å²) in [6.07, 6.45) is 0.733. The number of ether oxygens (including phenoxy) is 1. The Morgan fingerprint density at radius 2 is 1.83 bits per heavy atom. The highest BCUT2D eigenvalue weighted by atomic mass is 16.5. The predicted octanol–water partition coefficient (Wildman–Crippen LogP) is 4.61. The molecule has 0 aliphatic rings. The summed E-state index contributed by atoms with van der Waals surface area (Å²) in [5, 5.41) is 3.71. The predicted molar refractivity (Wildman–Crippen MR) is 121 cm³/mol. The van der Waals surface area contributed by atoms with Crippen LogP contribution in [0.1, 0.15) is 33.3 Å². The molecule has 3 aromatic rings. The first-order chi connectivity index (χ1) is 14.4. The van der Waals surface area contributed by atoms with Crippen molar-refractivity contribution in [1.82, 2.24) is 0 Å². The average Bonchev–Trinajstić information content (AvgIpc) is 2.72. The van der Waals surface area contributed by atoms with Gasteiger partial charge in [-0.25, -0.2) is 4.79 Å². The molecule has 1 heterocycles. The summed E-state index contributed by atoms with van der Waals surface area (Å²) in [6.45, 7) is 9.18. The molecule has 3 rings (SSSR count). The standard InChI is InChI=1S/C24H28N2O4/c1-5-17-13-24(28)30-22-14-20(11-12-21(17)22)29-15-23(27)25-18-7-9-19(10-8-18)26(6-2)16(3)4/h7-14,16H,5-6,15H2,1-4H3,(H,25,27). The topological polar surface area (TPSA) is 71.8 Å². The summed E-state index contributed by atoms with van der Waals surface area (Å²) in [4.78, 5) is 26.2. The van der Waals surface area contributed by atoms with Gasteiger partial charge in [-0.1, -0.05) is 6.92 Å². The second-order valence-corrected chi connectivity index (χ2v) is 7.37. The van der Waals surface area contributed by atoms with Crippen molar-refractivity contribution >= 4 is 28.3 Å². The van der Waals surface area contributed by atoms with Crippen molar-refractivity contribution in [1.29, 1.82) is 0 Å². The summed E-state index contributed by atoms with van der Waals surface area (Å²) in [5.41, 5.74) is 2.82. The minimum absolute atomic E-state index is 0.141. The molecular formula is C24H28N2O4. The zero-order valence-corrected chi connectivity index (χ0v) is 17.9. The van der Waals surface area contributed by atoms with Crippen molar-refractivity contribution in [3.63, 3.8) is 0 Å². The van der Waals surface area contributed by atoms with E-state index in [2.05, 4.69) is 31.0 Å². The summed E-state index contributed by atoms with van der Waals surface area (Å²) in [7, 11) is 0. The molecule has 0 aliphatic carbocycles. The number of benzene rings is 2. The Balaban J connectivity index is 1.62. The highest BCUT2D eigenvalue weighted by Crippen LogP contribution is 2.23. The number of hydrogen-bond acceptors (Lipinski definition) is 5. The van der Waals surface area contributed by atoms with Crippen molar-refractivity contribution in [3.05, 3.63) is 64.5 Å². The fourth-order valence-electron chi connectivity index (χ4n) is 3.52. The monoisotopic (exact) mass is 408 g/mol. The van der Waals surface area contributed by atoms with E-state index in [-0.39, 0.29) is 12.5 Å². The molecule has 0 saturated carbocycles. The largest absolute Gasteiger partial charge is 0.484 e. The van der Waals surface area contributed by atoms with Crippen molar-refractivity contribution in [2.45, 2.75) is 40.2 Å².